The van der Waals surface area contributed by atoms with Gasteiger partial charge in [0.1, 0.15) is 5.75 Å². The Bertz CT molecular complexity index is 733. The molecule has 134 valence electrons. The van der Waals surface area contributed by atoms with Crippen LogP contribution >= 0.6 is 0 Å². The molecule has 2 rings (SSSR count). The largest absolute Gasteiger partial charge is 0.496 e. The molecule has 1 aromatic carbocycles. The Morgan fingerprint density at radius 3 is 2.60 bits per heavy atom. The number of nitrogens with zero attached hydrogens (tertiary/aromatic N) is 1. The van der Waals surface area contributed by atoms with Gasteiger partial charge in [-0.25, -0.2) is 4.98 Å². The summed E-state index contributed by atoms with van der Waals surface area (Å²) in [5.41, 5.74) is 1.25. The average molecular weight is 345 g/mol. The van der Waals surface area contributed by atoms with E-state index in [9.17, 15) is 9.59 Å². The van der Waals surface area contributed by atoms with Gasteiger partial charge in [-0.05, 0) is 24.0 Å². The molecule has 0 unspecified atom stereocenters. The maximum atomic E-state index is 12.0. The molecule has 0 fully saturated rings. The molecular formula is C18H23N3O4. The molecule has 0 aliphatic heterocycles. The second-order valence-electron chi connectivity index (χ2n) is 6.80. The zero-order valence-electron chi connectivity index (χ0n) is 14.9. The summed E-state index contributed by atoms with van der Waals surface area (Å²) in [5.74, 6) is -0.330. The lowest BCUT2D eigenvalue weighted by atomic mass is 9.92. The van der Waals surface area contributed by atoms with E-state index in [1.807, 2.05) is 0 Å². The van der Waals surface area contributed by atoms with Crippen molar-refractivity contribution in [3.8, 4) is 17.1 Å². The SMILES string of the molecule is COc1cc(NC(=O)C(=O)NCCC(C)(C)C)ccc1-c1cnco1. The van der Waals surface area contributed by atoms with Crippen LogP contribution in [0.3, 0.4) is 0 Å². The number of hydrogen-bond donors (Lipinski definition) is 2. The first-order valence-electron chi connectivity index (χ1n) is 7.96. The molecule has 0 aliphatic rings. The number of anilines is 1. The Kier molecular flexibility index (Phi) is 5.80. The van der Waals surface area contributed by atoms with E-state index in [4.69, 9.17) is 9.15 Å². The maximum absolute atomic E-state index is 12.0. The van der Waals surface area contributed by atoms with E-state index < -0.39 is 11.8 Å². The third-order valence-electron chi connectivity index (χ3n) is 3.52. The van der Waals surface area contributed by atoms with Crippen LogP contribution in [0.25, 0.3) is 11.3 Å². The number of amides is 2. The van der Waals surface area contributed by atoms with Crippen LogP contribution in [0.2, 0.25) is 0 Å². The number of oxazole rings is 1. The minimum Gasteiger partial charge on any atom is -0.496 e. The van der Waals surface area contributed by atoms with Crippen molar-refractivity contribution in [1.82, 2.24) is 10.3 Å². The number of carbonyl (C=O) groups excluding carboxylic acids is 2. The lowest BCUT2D eigenvalue weighted by Gasteiger charge is -2.17. The van der Waals surface area contributed by atoms with Gasteiger partial charge in [0.2, 0.25) is 0 Å². The molecule has 0 radical (unpaired) electrons. The number of carbonyl (C=O) groups is 2. The first-order chi connectivity index (χ1) is 11.8. The molecular weight excluding hydrogens is 322 g/mol. The van der Waals surface area contributed by atoms with Gasteiger partial charge in [-0.3, -0.25) is 9.59 Å². The fourth-order valence-electron chi connectivity index (χ4n) is 2.14. The van der Waals surface area contributed by atoms with Crippen molar-refractivity contribution in [1.29, 1.82) is 0 Å². The van der Waals surface area contributed by atoms with Gasteiger partial charge >= 0.3 is 11.8 Å². The topological polar surface area (TPSA) is 93.5 Å². The molecule has 1 aromatic heterocycles. The maximum Gasteiger partial charge on any atom is 0.313 e. The van der Waals surface area contributed by atoms with Crippen LogP contribution in [-0.2, 0) is 9.59 Å². The number of nitrogens with one attached hydrogen (secondary N) is 2. The van der Waals surface area contributed by atoms with Crippen molar-refractivity contribution >= 4 is 17.5 Å². The number of hydrogen-bond acceptors (Lipinski definition) is 5. The second kappa shape index (κ2) is 7.83. The monoisotopic (exact) mass is 345 g/mol. The van der Waals surface area contributed by atoms with E-state index >= 15 is 0 Å². The van der Waals surface area contributed by atoms with Gasteiger partial charge < -0.3 is 19.8 Å². The number of rotatable bonds is 5. The Morgan fingerprint density at radius 1 is 1.24 bits per heavy atom. The summed E-state index contributed by atoms with van der Waals surface area (Å²) in [6, 6.07) is 5.02. The van der Waals surface area contributed by atoms with E-state index in [2.05, 4.69) is 36.4 Å². The lowest BCUT2D eigenvalue weighted by molar-refractivity contribution is -0.136. The van der Waals surface area contributed by atoms with Crippen LogP contribution in [0.1, 0.15) is 27.2 Å². The minimum atomic E-state index is -0.719. The minimum absolute atomic E-state index is 0.0909. The van der Waals surface area contributed by atoms with Gasteiger partial charge in [0, 0.05) is 18.3 Å². The molecule has 25 heavy (non-hydrogen) atoms. The zero-order valence-corrected chi connectivity index (χ0v) is 14.9. The molecule has 0 spiro atoms. The van der Waals surface area contributed by atoms with Crippen molar-refractivity contribution in [3.63, 3.8) is 0 Å². The Balaban J connectivity index is 2.00. The zero-order chi connectivity index (χ0) is 18.4. The molecule has 2 aromatic rings. The molecule has 7 heteroatoms. The predicted octanol–water partition coefficient (Wildman–Crippen LogP) is 2.84. The summed E-state index contributed by atoms with van der Waals surface area (Å²) in [6.45, 7) is 6.66. The third-order valence-corrected chi connectivity index (χ3v) is 3.52. The summed E-state index contributed by atoms with van der Waals surface area (Å²) < 4.78 is 10.6. The Hall–Kier alpha value is -2.83. The van der Waals surface area contributed by atoms with Gasteiger partial charge in [0.05, 0.1) is 18.9 Å². The Labute approximate surface area is 146 Å². The number of methoxy groups -OCH3 is 1. The predicted molar refractivity (Wildman–Crippen MR) is 94.2 cm³/mol. The van der Waals surface area contributed by atoms with Crippen molar-refractivity contribution in [2.45, 2.75) is 27.2 Å². The van der Waals surface area contributed by atoms with Crippen molar-refractivity contribution < 1.29 is 18.7 Å². The van der Waals surface area contributed by atoms with Crippen molar-refractivity contribution in [2.75, 3.05) is 19.0 Å². The van der Waals surface area contributed by atoms with Crippen LogP contribution in [-0.4, -0.2) is 30.5 Å². The van der Waals surface area contributed by atoms with Gasteiger partial charge in [-0.1, -0.05) is 20.8 Å². The van der Waals surface area contributed by atoms with Crippen LogP contribution in [0, 0.1) is 5.41 Å². The van der Waals surface area contributed by atoms with Gasteiger partial charge in [-0.2, -0.15) is 0 Å². The Morgan fingerprint density at radius 2 is 2.00 bits per heavy atom. The molecule has 1 heterocycles. The third kappa shape index (κ3) is 5.34. The van der Waals surface area contributed by atoms with E-state index in [0.717, 1.165) is 6.42 Å². The molecule has 0 saturated carbocycles. The summed E-state index contributed by atoms with van der Waals surface area (Å²) in [7, 11) is 1.51. The van der Waals surface area contributed by atoms with Gasteiger partial charge in [0.15, 0.2) is 12.2 Å². The highest BCUT2D eigenvalue weighted by molar-refractivity contribution is 6.39. The van der Waals surface area contributed by atoms with Gasteiger partial charge in [-0.15, -0.1) is 0 Å². The van der Waals surface area contributed by atoms with E-state index in [1.165, 1.54) is 13.5 Å². The quantitative estimate of drug-likeness (QED) is 0.813. The number of ether oxygens (including phenoxy) is 1. The summed E-state index contributed by atoms with van der Waals surface area (Å²) in [5, 5.41) is 5.18. The first kappa shape index (κ1) is 18.5. The molecule has 0 aliphatic carbocycles. The second-order valence-corrected chi connectivity index (χ2v) is 6.80. The van der Waals surface area contributed by atoms with Crippen LogP contribution < -0.4 is 15.4 Å². The van der Waals surface area contributed by atoms with Crippen molar-refractivity contribution in [2.24, 2.45) is 5.41 Å². The molecule has 0 saturated heterocycles. The molecule has 0 atom stereocenters. The van der Waals surface area contributed by atoms with Crippen LogP contribution in [0.4, 0.5) is 5.69 Å². The smallest absolute Gasteiger partial charge is 0.313 e. The highest BCUT2D eigenvalue weighted by Gasteiger charge is 2.17. The standard InChI is InChI=1S/C18H23N3O4/c1-18(2,3)7-8-20-16(22)17(23)21-12-5-6-13(14(9-12)24-4)15-10-19-11-25-15/h5-6,9-11H,7-8H2,1-4H3,(H,20,22)(H,21,23). The fraction of sp³-hybridized carbons (Fsp3) is 0.389. The summed E-state index contributed by atoms with van der Waals surface area (Å²) >= 11 is 0. The van der Waals surface area contributed by atoms with E-state index in [-0.39, 0.29) is 5.41 Å². The normalized spacial score (nSPS) is 11.0. The average Bonchev–Trinajstić information content (AvgIpc) is 3.07. The van der Waals surface area contributed by atoms with Crippen LogP contribution in [0.5, 0.6) is 5.75 Å². The van der Waals surface area contributed by atoms with E-state index in [1.54, 1.807) is 24.4 Å². The highest BCUT2D eigenvalue weighted by Crippen LogP contribution is 2.32. The molecule has 0 bridgehead atoms. The van der Waals surface area contributed by atoms with Crippen molar-refractivity contribution in [3.05, 3.63) is 30.8 Å². The van der Waals surface area contributed by atoms with E-state index in [0.29, 0.717) is 29.3 Å². The molecule has 7 nitrogen and oxygen atoms in total. The molecule has 2 N–H and O–H groups in total. The summed E-state index contributed by atoms with van der Waals surface area (Å²) in [6.07, 6.45) is 3.68. The molecule has 2 amide bonds. The van der Waals surface area contributed by atoms with Crippen LogP contribution in [0.15, 0.2) is 35.2 Å². The first-order valence-corrected chi connectivity index (χ1v) is 7.96. The fourth-order valence-corrected chi connectivity index (χ4v) is 2.14. The highest BCUT2D eigenvalue weighted by atomic mass is 16.5. The summed E-state index contributed by atoms with van der Waals surface area (Å²) in [4.78, 5) is 27.7. The number of benzene rings is 1. The van der Waals surface area contributed by atoms with Gasteiger partial charge in [0.25, 0.3) is 0 Å². The number of aromatic nitrogens is 1. The lowest BCUT2D eigenvalue weighted by Crippen LogP contribution is -2.36.